The first-order chi connectivity index (χ1) is 14.3. The Morgan fingerprint density at radius 3 is 2.60 bits per heavy atom. The summed E-state index contributed by atoms with van der Waals surface area (Å²) in [5.41, 5.74) is 1.00. The second-order valence-electron chi connectivity index (χ2n) is 6.62. The highest BCUT2D eigenvalue weighted by Crippen LogP contribution is 2.30. The van der Waals surface area contributed by atoms with Crippen molar-refractivity contribution >= 4 is 5.91 Å². The molecule has 3 rings (SSSR count). The molecule has 1 N–H and O–H groups in total. The van der Waals surface area contributed by atoms with Crippen LogP contribution < -0.4 is 5.32 Å². The summed E-state index contributed by atoms with van der Waals surface area (Å²) < 4.78 is 44.1. The first-order valence-corrected chi connectivity index (χ1v) is 9.02. The molecule has 0 saturated heterocycles. The molecule has 0 aliphatic heterocycles. The number of nitriles is 1. The van der Waals surface area contributed by atoms with Gasteiger partial charge in [-0.3, -0.25) is 4.79 Å². The van der Waals surface area contributed by atoms with E-state index in [1.807, 2.05) is 31.2 Å². The minimum absolute atomic E-state index is 0.0557. The van der Waals surface area contributed by atoms with Crippen LogP contribution in [0.3, 0.4) is 0 Å². The second kappa shape index (κ2) is 8.78. The van der Waals surface area contributed by atoms with Crippen molar-refractivity contribution < 1.29 is 22.4 Å². The first-order valence-electron chi connectivity index (χ1n) is 9.02. The van der Waals surface area contributed by atoms with Gasteiger partial charge in [0.25, 0.3) is 0 Å². The monoisotopic (exact) mass is 414 g/mol. The Morgan fingerprint density at radius 1 is 1.20 bits per heavy atom. The molecular weight excluding hydrogens is 397 g/mol. The molecule has 154 valence electrons. The molecular formula is C21H17F3N4O2. The fourth-order valence-corrected chi connectivity index (χ4v) is 2.71. The van der Waals surface area contributed by atoms with Crippen LogP contribution in [0.1, 0.15) is 35.0 Å². The average Bonchev–Trinajstić information content (AvgIpc) is 3.19. The van der Waals surface area contributed by atoms with E-state index in [9.17, 15) is 23.2 Å². The van der Waals surface area contributed by atoms with Gasteiger partial charge in [-0.2, -0.15) is 18.4 Å². The Morgan fingerprint density at radius 2 is 1.93 bits per heavy atom. The summed E-state index contributed by atoms with van der Waals surface area (Å²) >= 11 is 0. The Bertz CT molecular complexity index is 1070. The maximum Gasteiger partial charge on any atom is 0.416 e. The molecule has 1 heterocycles. The van der Waals surface area contributed by atoms with E-state index in [4.69, 9.17) is 4.42 Å². The highest BCUT2D eigenvalue weighted by Gasteiger charge is 2.31. The summed E-state index contributed by atoms with van der Waals surface area (Å²) in [5, 5.41) is 19.5. The number of carbonyl (C=O) groups excluding carboxylic acids is 1. The van der Waals surface area contributed by atoms with Gasteiger partial charge in [-0.1, -0.05) is 29.8 Å². The number of hydrogen-bond acceptors (Lipinski definition) is 5. The molecule has 0 spiro atoms. The smallest absolute Gasteiger partial charge is 0.416 e. The van der Waals surface area contributed by atoms with Gasteiger partial charge in [0.1, 0.15) is 6.04 Å². The van der Waals surface area contributed by atoms with Gasteiger partial charge in [-0.05, 0) is 36.8 Å². The molecule has 6 nitrogen and oxygen atoms in total. The van der Waals surface area contributed by atoms with Crippen LogP contribution in [0.2, 0.25) is 0 Å². The summed E-state index contributed by atoms with van der Waals surface area (Å²) in [6.07, 6.45) is -4.47. The van der Waals surface area contributed by atoms with Crippen LogP contribution >= 0.6 is 0 Å². The van der Waals surface area contributed by atoms with Gasteiger partial charge in [-0.25, -0.2) is 0 Å². The number of nitrogens with zero attached hydrogens (tertiary/aromatic N) is 3. The molecule has 1 amide bonds. The molecule has 0 radical (unpaired) electrons. The van der Waals surface area contributed by atoms with Crippen molar-refractivity contribution in [1.29, 1.82) is 5.26 Å². The third-order valence-corrected chi connectivity index (χ3v) is 4.31. The Labute approximate surface area is 170 Å². The third-order valence-electron chi connectivity index (χ3n) is 4.31. The SMILES string of the molecule is Cc1ccc(-c2nnc(CCC(=O)NC(C#N)c3cccc(C(F)(F)F)c3)o2)cc1. The number of aryl methyl sites for hydroxylation is 2. The Hall–Kier alpha value is -3.67. The van der Waals surface area contributed by atoms with Crippen molar-refractivity contribution in [3.63, 3.8) is 0 Å². The van der Waals surface area contributed by atoms with E-state index < -0.39 is 23.7 Å². The zero-order valence-corrected chi connectivity index (χ0v) is 15.9. The van der Waals surface area contributed by atoms with Gasteiger partial charge in [-0.15, -0.1) is 10.2 Å². The van der Waals surface area contributed by atoms with Crippen LogP contribution in [0, 0.1) is 18.3 Å². The lowest BCUT2D eigenvalue weighted by molar-refractivity contribution is -0.137. The molecule has 3 aromatic rings. The average molecular weight is 414 g/mol. The molecule has 9 heteroatoms. The summed E-state index contributed by atoms with van der Waals surface area (Å²) in [6.45, 7) is 1.95. The topological polar surface area (TPSA) is 91.8 Å². The minimum Gasteiger partial charge on any atom is -0.421 e. The predicted molar refractivity (Wildman–Crippen MR) is 101 cm³/mol. The molecule has 0 bridgehead atoms. The van der Waals surface area contributed by atoms with Crippen LogP contribution in [-0.2, 0) is 17.4 Å². The Balaban J connectivity index is 1.60. The number of alkyl halides is 3. The van der Waals surface area contributed by atoms with Crippen molar-refractivity contribution in [3.05, 3.63) is 71.1 Å². The largest absolute Gasteiger partial charge is 0.421 e. The number of aromatic nitrogens is 2. The van der Waals surface area contributed by atoms with Crippen LogP contribution in [0.15, 0.2) is 52.9 Å². The van der Waals surface area contributed by atoms with E-state index >= 15 is 0 Å². The predicted octanol–water partition coefficient (Wildman–Crippen LogP) is 4.38. The maximum atomic E-state index is 12.9. The van der Waals surface area contributed by atoms with Crippen LogP contribution in [-0.4, -0.2) is 16.1 Å². The van der Waals surface area contributed by atoms with Crippen molar-refractivity contribution in [3.8, 4) is 17.5 Å². The van der Waals surface area contributed by atoms with E-state index in [-0.39, 0.29) is 24.3 Å². The quantitative estimate of drug-likeness (QED) is 0.646. The van der Waals surface area contributed by atoms with Crippen LogP contribution in [0.25, 0.3) is 11.5 Å². The minimum atomic E-state index is -4.53. The molecule has 1 atom stereocenters. The lowest BCUT2D eigenvalue weighted by Gasteiger charge is -2.14. The number of hydrogen-bond donors (Lipinski definition) is 1. The zero-order chi connectivity index (χ0) is 21.7. The van der Waals surface area contributed by atoms with Gasteiger partial charge in [0, 0.05) is 18.4 Å². The number of nitrogens with one attached hydrogen (secondary N) is 1. The van der Waals surface area contributed by atoms with E-state index in [2.05, 4.69) is 15.5 Å². The highest BCUT2D eigenvalue weighted by molar-refractivity contribution is 5.77. The maximum absolute atomic E-state index is 12.9. The molecule has 30 heavy (non-hydrogen) atoms. The fourth-order valence-electron chi connectivity index (χ4n) is 2.71. The fraction of sp³-hybridized carbons (Fsp3) is 0.238. The van der Waals surface area contributed by atoms with E-state index in [0.29, 0.717) is 5.89 Å². The third kappa shape index (κ3) is 5.23. The first kappa shape index (κ1) is 21.0. The summed E-state index contributed by atoms with van der Waals surface area (Å²) in [5.74, 6) is 0.0478. The molecule has 0 fully saturated rings. The van der Waals surface area contributed by atoms with Crippen LogP contribution in [0.5, 0.6) is 0 Å². The van der Waals surface area contributed by atoms with Gasteiger partial charge < -0.3 is 9.73 Å². The normalized spacial score (nSPS) is 12.2. The van der Waals surface area contributed by atoms with Crippen molar-refractivity contribution in [2.45, 2.75) is 32.0 Å². The van der Waals surface area contributed by atoms with Crippen molar-refractivity contribution in [2.75, 3.05) is 0 Å². The number of rotatable bonds is 6. The highest BCUT2D eigenvalue weighted by atomic mass is 19.4. The molecule has 0 saturated carbocycles. The number of halogens is 3. The van der Waals surface area contributed by atoms with Gasteiger partial charge >= 0.3 is 6.18 Å². The van der Waals surface area contributed by atoms with E-state index in [0.717, 1.165) is 23.3 Å². The van der Waals surface area contributed by atoms with Crippen LogP contribution in [0.4, 0.5) is 13.2 Å². The standard InChI is InChI=1S/C21H17F3N4O2/c1-13-5-7-14(8-6-13)20-28-27-19(30-20)10-9-18(29)26-17(12-25)15-3-2-4-16(11-15)21(22,23)24/h2-8,11,17H,9-10H2,1H3,(H,26,29). The Kier molecular flexibility index (Phi) is 6.16. The van der Waals surface area contributed by atoms with Gasteiger partial charge in [0.2, 0.25) is 17.7 Å². The lowest BCUT2D eigenvalue weighted by atomic mass is 10.0. The number of benzene rings is 2. The van der Waals surface area contributed by atoms with Gasteiger partial charge in [0.15, 0.2) is 0 Å². The van der Waals surface area contributed by atoms with E-state index in [1.54, 1.807) is 6.07 Å². The summed E-state index contributed by atoms with van der Waals surface area (Å²) in [6, 6.07) is 12.4. The second-order valence-corrected chi connectivity index (χ2v) is 6.62. The number of amides is 1. The van der Waals surface area contributed by atoms with Crippen molar-refractivity contribution in [1.82, 2.24) is 15.5 Å². The molecule has 2 aromatic carbocycles. The van der Waals surface area contributed by atoms with Gasteiger partial charge in [0.05, 0.1) is 11.6 Å². The summed E-state index contributed by atoms with van der Waals surface area (Å²) in [7, 11) is 0. The van der Waals surface area contributed by atoms with Crippen molar-refractivity contribution in [2.24, 2.45) is 0 Å². The summed E-state index contributed by atoms with van der Waals surface area (Å²) in [4.78, 5) is 12.2. The lowest BCUT2D eigenvalue weighted by Crippen LogP contribution is -2.28. The number of carbonyl (C=O) groups is 1. The molecule has 0 aliphatic rings. The molecule has 1 unspecified atom stereocenters. The molecule has 0 aliphatic carbocycles. The zero-order valence-electron chi connectivity index (χ0n) is 15.9. The van der Waals surface area contributed by atoms with E-state index in [1.165, 1.54) is 12.1 Å². The molecule has 1 aromatic heterocycles.